The first kappa shape index (κ1) is 10.3. The van der Waals surface area contributed by atoms with Crippen LogP contribution >= 0.6 is 0 Å². The van der Waals surface area contributed by atoms with Crippen molar-refractivity contribution >= 4 is 0 Å². The molecule has 0 spiro atoms. The molecule has 2 unspecified atom stereocenters. The Labute approximate surface area is 97.3 Å². The maximum absolute atomic E-state index is 4.37. The molecule has 16 heavy (non-hydrogen) atoms. The first-order valence-electron chi connectivity index (χ1n) is 6.61. The summed E-state index contributed by atoms with van der Waals surface area (Å²) in [4.78, 5) is 4.37. The minimum Gasteiger partial charge on any atom is -0.330 e. The van der Waals surface area contributed by atoms with Crippen molar-refractivity contribution in [3.8, 4) is 0 Å². The third-order valence-electron chi connectivity index (χ3n) is 4.30. The zero-order valence-corrected chi connectivity index (χ0v) is 10.0. The second kappa shape index (κ2) is 4.21. The maximum atomic E-state index is 4.37. The molecule has 1 saturated carbocycles. The van der Waals surface area contributed by atoms with Gasteiger partial charge in [-0.3, -0.25) is 0 Å². The maximum Gasteiger partial charge on any atom is 0.0951 e. The van der Waals surface area contributed by atoms with Gasteiger partial charge in [-0.15, -0.1) is 0 Å². The summed E-state index contributed by atoms with van der Waals surface area (Å²) in [6, 6.07) is 1.20. The number of piperidine rings is 1. The minimum absolute atomic E-state index is 0.585. The van der Waals surface area contributed by atoms with E-state index in [4.69, 9.17) is 0 Å². The van der Waals surface area contributed by atoms with E-state index in [0.717, 1.165) is 5.92 Å². The molecule has 0 amide bonds. The quantitative estimate of drug-likeness (QED) is 0.828. The Balaban J connectivity index is 1.84. The molecular formula is C13H21N3. The van der Waals surface area contributed by atoms with Crippen molar-refractivity contribution in [2.75, 3.05) is 6.54 Å². The number of nitrogens with zero attached hydrogens (tertiary/aromatic N) is 2. The molecule has 0 radical (unpaired) electrons. The van der Waals surface area contributed by atoms with Gasteiger partial charge in [-0.25, -0.2) is 4.98 Å². The molecule has 2 fully saturated rings. The molecule has 2 atom stereocenters. The Morgan fingerprint density at radius 2 is 2.19 bits per heavy atom. The van der Waals surface area contributed by atoms with E-state index in [2.05, 4.69) is 28.0 Å². The monoisotopic (exact) mass is 219 g/mol. The number of aromatic nitrogens is 2. The highest BCUT2D eigenvalue weighted by molar-refractivity contribution is 5.11. The molecule has 0 aromatic carbocycles. The Hall–Kier alpha value is -0.830. The number of imidazole rings is 1. The summed E-state index contributed by atoms with van der Waals surface area (Å²) < 4.78 is 2.45. The van der Waals surface area contributed by atoms with Gasteiger partial charge in [-0.05, 0) is 39.2 Å². The minimum atomic E-state index is 0.585. The molecule has 2 aliphatic rings. The van der Waals surface area contributed by atoms with E-state index >= 15 is 0 Å². The lowest BCUT2D eigenvalue weighted by molar-refractivity contribution is 0.278. The summed E-state index contributed by atoms with van der Waals surface area (Å²) >= 11 is 0. The second-order valence-corrected chi connectivity index (χ2v) is 5.31. The standard InChI is InChI=1S/C13H21N3/c1-10-12(6-3-7-15-10)16-9-14-8-13(16)11-4-2-5-11/h8-12,15H,2-7H2,1H3. The lowest BCUT2D eigenvalue weighted by atomic mass is 9.82. The SMILES string of the molecule is CC1NCCCC1n1cncc1C1CCC1. The van der Waals surface area contributed by atoms with Crippen molar-refractivity contribution < 1.29 is 0 Å². The highest BCUT2D eigenvalue weighted by atomic mass is 15.1. The fourth-order valence-corrected chi connectivity index (χ4v) is 3.02. The van der Waals surface area contributed by atoms with Crippen LogP contribution in [0.1, 0.15) is 56.7 Å². The molecule has 3 rings (SSSR count). The summed E-state index contributed by atoms with van der Waals surface area (Å²) in [5.74, 6) is 0.789. The van der Waals surface area contributed by atoms with Crippen molar-refractivity contribution in [2.45, 2.75) is 57.0 Å². The Morgan fingerprint density at radius 3 is 2.88 bits per heavy atom. The van der Waals surface area contributed by atoms with E-state index < -0.39 is 0 Å². The van der Waals surface area contributed by atoms with Crippen LogP contribution in [-0.4, -0.2) is 22.1 Å². The van der Waals surface area contributed by atoms with Gasteiger partial charge in [0.15, 0.2) is 0 Å². The predicted molar refractivity (Wildman–Crippen MR) is 64.6 cm³/mol. The van der Waals surface area contributed by atoms with Crippen LogP contribution in [0.5, 0.6) is 0 Å². The Morgan fingerprint density at radius 1 is 1.31 bits per heavy atom. The van der Waals surface area contributed by atoms with Gasteiger partial charge in [-0.2, -0.15) is 0 Å². The van der Waals surface area contributed by atoms with Crippen LogP contribution < -0.4 is 5.32 Å². The van der Waals surface area contributed by atoms with E-state index in [9.17, 15) is 0 Å². The molecule has 1 saturated heterocycles. The van der Waals surface area contributed by atoms with Gasteiger partial charge >= 0.3 is 0 Å². The third kappa shape index (κ3) is 1.67. The summed E-state index contributed by atoms with van der Waals surface area (Å²) in [6.07, 6.45) is 10.8. The zero-order chi connectivity index (χ0) is 11.0. The van der Waals surface area contributed by atoms with Gasteiger partial charge in [0.25, 0.3) is 0 Å². The van der Waals surface area contributed by atoms with Crippen LogP contribution in [0, 0.1) is 0 Å². The first-order chi connectivity index (χ1) is 7.86. The fourth-order valence-electron chi connectivity index (χ4n) is 3.02. The Bertz CT molecular complexity index is 354. The van der Waals surface area contributed by atoms with Gasteiger partial charge in [0.1, 0.15) is 0 Å². The summed E-state index contributed by atoms with van der Waals surface area (Å²) in [7, 11) is 0. The molecule has 3 nitrogen and oxygen atoms in total. The van der Waals surface area contributed by atoms with Crippen LogP contribution in [-0.2, 0) is 0 Å². The number of nitrogens with one attached hydrogen (secondary N) is 1. The molecule has 88 valence electrons. The van der Waals surface area contributed by atoms with Crippen LogP contribution in [0.25, 0.3) is 0 Å². The van der Waals surface area contributed by atoms with Gasteiger partial charge in [0.05, 0.1) is 6.33 Å². The molecule has 1 aromatic rings. The van der Waals surface area contributed by atoms with Crippen molar-refractivity contribution in [3.05, 3.63) is 18.2 Å². The molecule has 1 N–H and O–H groups in total. The van der Waals surface area contributed by atoms with E-state index in [1.165, 1.54) is 44.3 Å². The van der Waals surface area contributed by atoms with Gasteiger partial charge in [0.2, 0.25) is 0 Å². The van der Waals surface area contributed by atoms with E-state index in [-0.39, 0.29) is 0 Å². The highest BCUT2D eigenvalue weighted by Gasteiger charge is 2.28. The smallest absolute Gasteiger partial charge is 0.0951 e. The predicted octanol–water partition coefficient (Wildman–Crippen LogP) is 2.46. The molecule has 1 aliphatic carbocycles. The fraction of sp³-hybridized carbons (Fsp3) is 0.769. The van der Waals surface area contributed by atoms with E-state index in [1.54, 1.807) is 0 Å². The third-order valence-corrected chi connectivity index (χ3v) is 4.30. The van der Waals surface area contributed by atoms with Gasteiger partial charge < -0.3 is 9.88 Å². The summed E-state index contributed by atoms with van der Waals surface area (Å²) in [5, 5.41) is 3.57. The average molecular weight is 219 g/mol. The van der Waals surface area contributed by atoms with Crippen molar-refractivity contribution in [1.29, 1.82) is 0 Å². The normalized spacial score (nSPS) is 31.3. The lowest BCUT2D eigenvalue weighted by Crippen LogP contribution is -2.40. The van der Waals surface area contributed by atoms with E-state index in [0.29, 0.717) is 12.1 Å². The molecule has 1 aliphatic heterocycles. The number of hydrogen-bond donors (Lipinski definition) is 1. The highest BCUT2D eigenvalue weighted by Crippen LogP contribution is 2.38. The molecule has 1 aromatic heterocycles. The van der Waals surface area contributed by atoms with Crippen LogP contribution in [0.3, 0.4) is 0 Å². The van der Waals surface area contributed by atoms with Gasteiger partial charge in [-0.1, -0.05) is 6.42 Å². The second-order valence-electron chi connectivity index (χ2n) is 5.31. The number of hydrogen-bond acceptors (Lipinski definition) is 2. The summed E-state index contributed by atoms with van der Waals surface area (Å²) in [6.45, 7) is 3.47. The van der Waals surface area contributed by atoms with E-state index in [1.807, 2.05) is 6.33 Å². The van der Waals surface area contributed by atoms with Crippen molar-refractivity contribution in [1.82, 2.24) is 14.9 Å². The average Bonchev–Trinajstić information content (AvgIpc) is 2.65. The largest absolute Gasteiger partial charge is 0.330 e. The van der Waals surface area contributed by atoms with Crippen LogP contribution in [0.2, 0.25) is 0 Å². The molecular weight excluding hydrogens is 198 g/mol. The van der Waals surface area contributed by atoms with Crippen LogP contribution in [0.4, 0.5) is 0 Å². The molecule has 3 heteroatoms. The van der Waals surface area contributed by atoms with Crippen molar-refractivity contribution in [2.24, 2.45) is 0 Å². The topological polar surface area (TPSA) is 29.9 Å². The lowest BCUT2D eigenvalue weighted by Gasteiger charge is -2.35. The molecule has 2 heterocycles. The van der Waals surface area contributed by atoms with Crippen LogP contribution in [0.15, 0.2) is 12.5 Å². The number of rotatable bonds is 2. The molecule has 0 bridgehead atoms. The zero-order valence-electron chi connectivity index (χ0n) is 10.0. The first-order valence-corrected chi connectivity index (χ1v) is 6.61. The Kier molecular flexibility index (Phi) is 2.72. The van der Waals surface area contributed by atoms with Gasteiger partial charge in [0, 0.05) is 29.9 Å². The van der Waals surface area contributed by atoms with Crippen molar-refractivity contribution in [3.63, 3.8) is 0 Å². The summed E-state index contributed by atoms with van der Waals surface area (Å²) in [5.41, 5.74) is 1.48.